The molecule has 1 fully saturated rings. The molecule has 0 amide bonds. The largest absolute Gasteiger partial charge is 0.466 e. The Balaban J connectivity index is 1.96. The minimum atomic E-state index is -2.64. The molecule has 33 heavy (non-hydrogen) atoms. The van der Waals surface area contributed by atoms with Crippen LogP contribution in [-0.2, 0) is 9.53 Å². The Morgan fingerprint density at radius 2 is 2.00 bits per heavy atom. The van der Waals surface area contributed by atoms with E-state index in [4.69, 9.17) is 21.3 Å². The Morgan fingerprint density at radius 1 is 1.27 bits per heavy atom. The molecule has 0 aromatic carbocycles. The van der Waals surface area contributed by atoms with Gasteiger partial charge in [-0.1, -0.05) is 32.4 Å². The van der Waals surface area contributed by atoms with Crippen LogP contribution in [0.5, 0.6) is 0 Å². The fourth-order valence-corrected chi connectivity index (χ4v) is 4.02. The highest BCUT2D eigenvalue weighted by atomic mass is 35.5. The van der Waals surface area contributed by atoms with Gasteiger partial charge < -0.3 is 15.0 Å². The molecule has 0 aliphatic heterocycles. The zero-order valence-electron chi connectivity index (χ0n) is 19.4. The molecule has 2 heterocycles. The number of anilines is 3. The van der Waals surface area contributed by atoms with Crippen molar-refractivity contribution in [3.05, 3.63) is 41.3 Å². The lowest BCUT2D eigenvalue weighted by Gasteiger charge is -2.44. The quantitative estimate of drug-likeness (QED) is 0.323. The summed E-state index contributed by atoms with van der Waals surface area (Å²) < 4.78 is 32.5. The van der Waals surface area contributed by atoms with Gasteiger partial charge in [-0.25, -0.2) is 18.7 Å². The normalized spacial score (nSPS) is 16.2. The number of esters is 1. The maximum absolute atomic E-state index is 13.7. The minimum absolute atomic E-state index is 0.124. The number of aromatic nitrogens is 2. The molecule has 2 aromatic rings. The van der Waals surface area contributed by atoms with E-state index in [0.29, 0.717) is 35.5 Å². The highest BCUT2D eigenvalue weighted by molar-refractivity contribution is 6.29. The molecular weight excluding hydrogens is 450 g/mol. The van der Waals surface area contributed by atoms with Gasteiger partial charge >= 0.3 is 5.97 Å². The molecule has 9 heteroatoms. The van der Waals surface area contributed by atoms with Crippen LogP contribution in [0.25, 0.3) is 0 Å². The Labute approximate surface area is 198 Å². The van der Waals surface area contributed by atoms with E-state index in [9.17, 15) is 13.6 Å². The van der Waals surface area contributed by atoms with E-state index in [-0.39, 0.29) is 43.1 Å². The molecule has 1 N–H and O–H groups in total. The average Bonchev–Trinajstić information content (AvgIpc) is 2.72. The summed E-state index contributed by atoms with van der Waals surface area (Å²) in [6.45, 7) is 8.73. The van der Waals surface area contributed by atoms with Crippen LogP contribution in [0.3, 0.4) is 0 Å². The standard InChI is InChI=1S/C24H31ClF2N4O2/c1-5-33-22(32)8-16(4)17-9-20(30-18-6-7-21(25)28-13-18)23(29-12-17)31(14-15(2)3)19-10-24(26,27)11-19/h6-7,9,12-13,15-16,19,30H,5,8,10-11,14H2,1-4H3. The number of pyridine rings is 2. The predicted molar refractivity (Wildman–Crippen MR) is 127 cm³/mol. The summed E-state index contributed by atoms with van der Waals surface area (Å²) >= 11 is 5.91. The van der Waals surface area contributed by atoms with Crippen LogP contribution in [0, 0.1) is 5.92 Å². The van der Waals surface area contributed by atoms with Crippen LogP contribution in [0.1, 0.15) is 58.4 Å². The van der Waals surface area contributed by atoms with Crippen molar-refractivity contribution in [3.8, 4) is 0 Å². The molecule has 0 spiro atoms. The van der Waals surface area contributed by atoms with Crippen LogP contribution >= 0.6 is 11.6 Å². The maximum Gasteiger partial charge on any atom is 0.306 e. The fourth-order valence-electron chi connectivity index (χ4n) is 3.91. The lowest BCUT2D eigenvalue weighted by Crippen LogP contribution is -2.52. The van der Waals surface area contributed by atoms with Crippen molar-refractivity contribution < 1.29 is 18.3 Å². The van der Waals surface area contributed by atoms with E-state index in [2.05, 4.69) is 24.1 Å². The number of carbonyl (C=O) groups is 1. The lowest BCUT2D eigenvalue weighted by molar-refractivity contribution is -0.143. The van der Waals surface area contributed by atoms with Crippen molar-refractivity contribution in [3.63, 3.8) is 0 Å². The van der Waals surface area contributed by atoms with Gasteiger partial charge in [0.15, 0.2) is 5.82 Å². The third-order valence-electron chi connectivity index (χ3n) is 5.58. The zero-order chi connectivity index (χ0) is 24.2. The Kier molecular flexibility index (Phi) is 8.10. The van der Waals surface area contributed by atoms with Crippen LogP contribution in [-0.4, -0.2) is 41.1 Å². The second-order valence-electron chi connectivity index (χ2n) is 9.01. The smallest absolute Gasteiger partial charge is 0.306 e. The number of carbonyl (C=O) groups excluding carboxylic acids is 1. The molecule has 2 aromatic heterocycles. The second kappa shape index (κ2) is 10.6. The van der Waals surface area contributed by atoms with Crippen LogP contribution < -0.4 is 10.2 Å². The van der Waals surface area contributed by atoms with Gasteiger partial charge in [0, 0.05) is 31.6 Å². The van der Waals surface area contributed by atoms with Gasteiger partial charge in [-0.3, -0.25) is 4.79 Å². The number of rotatable bonds is 10. The summed E-state index contributed by atoms with van der Waals surface area (Å²) in [7, 11) is 0. The minimum Gasteiger partial charge on any atom is -0.466 e. The number of ether oxygens (including phenoxy) is 1. The molecule has 1 aliphatic rings. The number of hydrogen-bond acceptors (Lipinski definition) is 6. The molecule has 1 aliphatic carbocycles. The summed E-state index contributed by atoms with van der Waals surface area (Å²) in [6.07, 6.45) is 3.16. The molecule has 1 atom stereocenters. The van der Waals surface area contributed by atoms with Crippen molar-refractivity contribution >= 4 is 34.8 Å². The molecule has 0 saturated heterocycles. The van der Waals surface area contributed by atoms with Gasteiger partial charge in [-0.15, -0.1) is 0 Å². The van der Waals surface area contributed by atoms with Crippen LogP contribution in [0.4, 0.5) is 26.0 Å². The Morgan fingerprint density at radius 3 is 2.58 bits per heavy atom. The van der Waals surface area contributed by atoms with E-state index in [1.807, 2.05) is 17.9 Å². The van der Waals surface area contributed by atoms with Crippen LogP contribution in [0.15, 0.2) is 30.6 Å². The Hall–Kier alpha value is -2.48. The van der Waals surface area contributed by atoms with Gasteiger partial charge in [0.05, 0.1) is 30.6 Å². The summed E-state index contributed by atoms with van der Waals surface area (Å²) in [5, 5.41) is 3.69. The van der Waals surface area contributed by atoms with E-state index >= 15 is 0 Å². The summed E-state index contributed by atoms with van der Waals surface area (Å²) in [4.78, 5) is 22.7. The van der Waals surface area contributed by atoms with Gasteiger partial charge in [0.2, 0.25) is 0 Å². The number of hydrogen-bond donors (Lipinski definition) is 1. The van der Waals surface area contributed by atoms with Crippen molar-refractivity contribution in [2.45, 2.75) is 64.8 Å². The molecule has 3 rings (SSSR count). The average molecular weight is 481 g/mol. The van der Waals surface area contributed by atoms with Crippen molar-refractivity contribution in [1.82, 2.24) is 9.97 Å². The first-order chi connectivity index (χ1) is 15.6. The lowest BCUT2D eigenvalue weighted by atomic mass is 9.86. The van der Waals surface area contributed by atoms with Gasteiger partial charge in [0.1, 0.15) is 5.15 Å². The number of nitrogens with one attached hydrogen (secondary N) is 1. The molecule has 6 nitrogen and oxygen atoms in total. The van der Waals surface area contributed by atoms with Gasteiger partial charge in [0.25, 0.3) is 5.92 Å². The van der Waals surface area contributed by atoms with Gasteiger partial charge in [-0.05, 0) is 42.5 Å². The topological polar surface area (TPSA) is 67.3 Å². The molecule has 0 bridgehead atoms. The zero-order valence-corrected chi connectivity index (χ0v) is 20.2. The van der Waals surface area contributed by atoms with Crippen molar-refractivity contribution in [2.75, 3.05) is 23.4 Å². The first-order valence-corrected chi connectivity index (χ1v) is 11.6. The molecule has 180 valence electrons. The first-order valence-electron chi connectivity index (χ1n) is 11.3. The second-order valence-corrected chi connectivity index (χ2v) is 9.40. The Bertz CT molecular complexity index is 948. The summed E-state index contributed by atoms with van der Waals surface area (Å²) in [5.74, 6) is -2.17. The van der Waals surface area contributed by atoms with Crippen LogP contribution in [0.2, 0.25) is 5.15 Å². The monoisotopic (exact) mass is 480 g/mol. The maximum atomic E-state index is 13.7. The van der Waals surface area contributed by atoms with E-state index < -0.39 is 5.92 Å². The molecule has 1 unspecified atom stereocenters. The highest BCUT2D eigenvalue weighted by Gasteiger charge is 2.48. The number of alkyl halides is 2. The third-order valence-corrected chi connectivity index (χ3v) is 5.81. The first kappa shape index (κ1) is 25.1. The SMILES string of the molecule is CCOC(=O)CC(C)c1cnc(N(CC(C)C)C2CC(F)(F)C2)c(Nc2ccc(Cl)nc2)c1. The molecular formula is C24H31ClF2N4O2. The van der Waals surface area contributed by atoms with E-state index in [0.717, 1.165) is 5.56 Å². The number of halogens is 3. The third kappa shape index (κ3) is 6.76. The molecule has 1 saturated carbocycles. The van der Waals surface area contributed by atoms with Gasteiger partial charge in [-0.2, -0.15) is 0 Å². The predicted octanol–water partition coefficient (Wildman–Crippen LogP) is 6.19. The van der Waals surface area contributed by atoms with E-state index in [1.54, 1.807) is 31.5 Å². The summed E-state index contributed by atoms with van der Waals surface area (Å²) in [6, 6.07) is 5.09. The van der Waals surface area contributed by atoms with Crippen molar-refractivity contribution in [2.24, 2.45) is 5.92 Å². The summed E-state index contributed by atoms with van der Waals surface area (Å²) in [5.41, 5.74) is 2.21. The van der Waals surface area contributed by atoms with E-state index in [1.165, 1.54) is 0 Å². The number of nitrogens with zero attached hydrogens (tertiary/aromatic N) is 3. The fraction of sp³-hybridized carbons (Fsp3) is 0.542. The molecule has 0 radical (unpaired) electrons. The highest BCUT2D eigenvalue weighted by Crippen LogP contribution is 2.44. The van der Waals surface area contributed by atoms with Crippen molar-refractivity contribution in [1.29, 1.82) is 0 Å².